The van der Waals surface area contributed by atoms with Crippen molar-refractivity contribution in [2.75, 3.05) is 0 Å². The zero-order valence-corrected chi connectivity index (χ0v) is 17.8. The van der Waals surface area contributed by atoms with Crippen LogP contribution in [0.4, 0.5) is 0 Å². The number of hydrogen-bond acceptors (Lipinski definition) is 4. The van der Waals surface area contributed by atoms with Gasteiger partial charge in [0.1, 0.15) is 0 Å². The Hall–Kier alpha value is -2.18. The fourth-order valence-electron chi connectivity index (χ4n) is 3.70. The molecule has 146 valence electrons. The number of amides is 1. The minimum Gasteiger partial charge on any atom is -0.494 e. The molecule has 4 rings (SSSR count). The number of aromatic hydroxyl groups is 1. The van der Waals surface area contributed by atoms with Crippen molar-refractivity contribution >= 4 is 34.3 Å². The fourth-order valence-corrected chi connectivity index (χ4v) is 5.20. The van der Waals surface area contributed by atoms with Crippen molar-refractivity contribution in [3.63, 3.8) is 0 Å². The van der Waals surface area contributed by atoms with Gasteiger partial charge in [-0.25, -0.2) is 4.99 Å². The third kappa shape index (κ3) is 3.35. The molecule has 6 heteroatoms. The van der Waals surface area contributed by atoms with Gasteiger partial charge >= 0.3 is 0 Å². The van der Waals surface area contributed by atoms with Crippen LogP contribution in [0.1, 0.15) is 60.3 Å². The van der Waals surface area contributed by atoms with Crippen molar-refractivity contribution in [1.29, 1.82) is 0 Å². The summed E-state index contributed by atoms with van der Waals surface area (Å²) in [5, 5.41) is 15.1. The Bertz CT molecular complexity index is 998. The van der Waals surface area contributed by atoms with Crippen LogP contribution in [0, 0.1) is 5.92 Å². The van der Waals surface area contributed by atoms with E-state index in [2.05, 4.69) is 18.8 Å². The molecule has 28 heavy (non-hydrogen) atoms. The molecular formula is C22H24N2O2S2. The maximum Gasteiger partial charge on any atom is 0.280 e. The molecule has 4 nitrogen and oxygen atoms in total. The molecule has 0 bridgehead atoms. The fraction of sp³-hybridized carbons (Fsp3) is 0.364. The van der Waals surface area contributed by atoms with Crippen molar-refractivity contribution in [3.05, 3.63) is 51.0 Å². The Balaban J connectivity index is 1.73. The van der Waals surface area contributed by atoms with Gasteiger partial charge in [-0.05, 0) is 35.2 Å². The Kier molecular flexibility index (Phi) is 5.51. The number of aromatic nitrogens is 1. The van der Waals surface area contributed by atoms with Crippen molar-refractivity contribution < 1.29 is 9.90 Å². The smallest absolute Gasteiger partial charge is 0.280 e. The quantitative estimate of drug-likeness (QED) is 0.448. The predicted octanol–water partition coefficient (Wildman–Crippen LogP) is 6.19. The number of rotatable bonds is 8. The van der Waals surface area contributed by atoms with E-state index in [9.17, 15) is 9.90 Å². The average Bonchev–Trinajstić information content (AvgIpc) is 3.47. The molecule has 3 aromatic heterocycles. The van der Waals surface area contributed by atoms with E-state index in [-0.39, 0.29) is 11.8 Å². The standard InChI is InChI=1S/C22H24N2O2S2/c1-3-14(2)8-4-5-11-24-20(16-10-7-13-28-16)18-17(22(24)26)19(23-21(18)25)15-9-6-12-27-15/h6-7,9-10,12-14,26H,3-5,8,11H2,1-2H3. The van der Waals surface area contributed by atoms with Crippen LogP contribution in [0.15, 0.2) is 40.0 Å². The first-order valence-electron chi connectivity index (χ1n) is 9.78. The molecule has 0 fully saturated rings. The van der Waals surface area contributed by atoms with Gasteiger partial charge < -0.3 is 9.67 Å². The Morgan fingerprint density at radius 1 is 1.11 bits per heavy atom. The largest absolute Gasteiger partial charge is 0.494 e. The predicted molar refractivity (Wildman–Crippen MR) is 117 cm³/mol. The third-order valence-electron chi connectivity index (χ3n) is 5.43. The van der Waals surface area contributed by atoms with Gasteiger partial charge in [-0.1, -0.05) is 45.2 Å². The third-order valence-corrected chi connectivity index (χ3v) is 7.19. The zero-order chi connectivity index (χ0) is 19.7. The summed E-state index contributed by atoms with van der Waals surface area (Å²) < 4.78 is 1.92. The van der Waals surface area contributed by atoms with Crippen LogP contribution in [0.5, 0.6) is 5.88 Å². The summed E-state index contributed by atoms with van der Waals surface area (Å²) in [7, 11) is 0. The summed E-state index contributed by atoms with van der Waals surface area (Å²) in [5.41, 5.74) is 2.55. The van der Waals surface area contributed by atoms with Crippen molar-refractivity contribution in [1.82, 2.24) is 4.57 Å². The van der Waals surface area contributed by atoms with Crippen LogP contribution in [-0.4, -0.2) is 21.3 Å². The molecule has 1 N–H and O–H groups in total. The highest BCUT2D eigenvalue weighted by molar-refractivity contribution is 7.13. The Labute approximate surface area is 173 Å². The molecule has 0 radical (unpaired) electrons. The summed E-state index contributed by atoms with van der Waals surface area (Å²) in [6, 6.07) is 7.86. The first-order valence-corrected chi connectivity index (χ1v) is 11.5. The van der Waals surface area contributed by atoms with Crippen LogP contribution >= 0.6 is 22.7 Å². The Morgan fingerprint density at radius 2 is 1.82 bits per heavy atom. The lowest BCUT2D eigenvalue weighted by atomic mass is 10.0. The molecule has 4 heterocycles. The van der Waals surface area contributed by atoms with Crippen LogP contribution in [0.3, 0.4) is 0 Å². The van der Waals surface area contributed by atoms with Crippen LogP contribution in [-0.2, 0) is 6.54 Å². The lowest BCUT2D eigenvalue weighted by molar-refractivity contribution is 0.101. The molecule has 0 saturated carbocycles. The SMILES string of the molecule is CCC(C)CCCCn1c(O)c2c(c1-c1cccs1)C(=O)N=C2c1cccs1. The molecule has 1 aliphatic heterocycles. The number of unbranched alkanes of at least 4 members (excludes halogenated alkanes) is 1. The monoisotopic (exact) mass is 412 g/mol. The molecule has 1 unspecified atom stereocenters. The Morgan fingerprint density at radius 3 is 2.46 bits per heavy atom. The van der Waals surface area contributed by atoms with Crippen molar-refractivity contribution in [2.45, 2.75) is 46.1 Å². The summed E-state index contributed by atoms with van der Waals surface area (Å²) in [6.07, 6.45) is 4.47. The van der Waals surface area contributed by atoms with E-state index in [0.717, 1.165) is 34.2 Å². The number of fused-ring (bicyclic) bond motifs is 1. The second kappa shape index (κ2) is 8.05. The highest BCUT2D eigenvalue weighted by Crippen LogP contribution is 2.43. The normalized spacial score (nSPS) is 14.4. The van der Waals surface area contributed by atoms with E-state index in [1.165, 1.54) is 24.2 Å². The zero-order valence-electron chi connectivity index (χ0n) is 16.1. The average molecular weight is 413 g/mol. The number of carbonyl (C=O) groups is 1. The van der Waals surface area contributed by atoms with Gasteiger partial charge in [-0.3, -0.25) is 4.79 Å². The lowest BCUT2D eigenvalue weighted by Crippen LogP contribution is -2.04. The van der Waals surface area contributed by atoms with Crippen molar-refractivity contribution in [3.8, 4) is 16.5 Å². The second-order valence-corrected chi connectivity index (χ2v) is 9.20. The first-order chi connectivity index (χ1) is 13.6. The molecule has 0 aliphatic carbocycles. The minimum absolute atomic E-state index is 0.167. The van der Waals surface area contributed by atoms with E-state index in [0.29, 0.717) is 23.4 Å². The van der Waals surface area contributed by atoms with Gasteiger partial charge in [-0.2, -0.15) is 0 Å². The lowest BCUT2D eigenvalue weighted by Gasteiger charge is -2.12. The van der Waals surface area contributed by atoms with Gasteiger partial charge in [0.15, 0.2) is 0 Å². The van der Waals surface area contributed by atoms with Gasteiger partial charge in [0.05, 0.1) is 32.3 Å². The van der Waals surface area contributed by atoms with Gasteiger partial charge in [-0.15, -0.1) is 22.7 Å². The maximum absolute atomic E-state index is 12.8. The van der Waals surface area contributed by atoms with E-state index in [1.54, 1.807) is 11.3 Å². The number of thiophene rings is 2. The molecule has 0 spiro atoms. The summed E-state index contributed by atoms with van der Waals surface area (Å²) in [5.74, 6) is 0.634. The number of aliphatic imine (C=N–C) groups is 1. The van der Waals surface area contributed by atoms with E-state index < -0.39 is 0 Å². The molecule has 1 amide bonds. The summed E-state index contributed by atoms with van der Waals surface area (Å²) in [4.78, 5) is 19.0. The first kappa shape index (κ1) is 19.2. The van der Waals surface area contributed by atoms with E-state index in [1.807, 2.05) is 39.6 Å². The molecule has 1 aliphatic rings. The van der Waals surface area contributed by atoms with Crippen molar-refractivity contribution in [2.24, 2.45) is 10.9 Å². The minimum atomic E-state index is -0.254. The highest BCUT2D eigenvalue weighted by atomic mass is 32.1. The molecule has 0 aromatic carbocycles. The number of hydrogen-bond donors (Lipinski definition) is 1. The molecule has 3 aromatic rings. The number of carbonyl (C=O) groups excluding carboxylic acids is 1. The van der Waals surface area contributed by atoms with Crippen LogP contribution in [0.2, 0.25) is 0 Å². The topological polar surface area (TPSA) is 54.6 Å². The molecular weight excluding hydrogens is 388 g/mol. The van der Waals surface area contributed by atoms with Gasteiger partial charge in [0.25, 0.3) is 5.91 Å². The molecule has 1 atom stereocenters. The molecule has 0 saturated heterocycles. The van der Waals surface area contributed by atoms with E-state index >= 15 is 0 Å². The summed E-state index contributed by atoms with van der Waals surface area (Å²) in [6.45, 7) is 5.20. The van der Waals surface area contributed by atoms with Gasteiger partial charge in [0, 0.05) is 6.54 Å². The second-order valence-electron chi connectivity index (χ2n) is 7.30. The van der Waals surface area contributed by atoms with Crippen LogP contribution in [0.25, 0.3) is 10.6 Å². The highest BCUT2D eigenvalue weighted by Gasteiger charge is 2.36. The van der Waals surface area contributed by atoms with E-state index in [4.69, 9.17) is 0 Å². The number of nitrogens with zero attached hydrogens (tertiary/aromatic N) is 2. The van der Waals surface area contributed by atoms with Crippen LogP contribution < -0.4 is 0 Å². The van der Waals surface area contributed by atoms with Gasteiger partial charge in [0.2, 0.25) is 5.88 Å². The summed E-state index contributed by atoms with van der Waals surface area (Å²) >= 11 is 3.12. The maximum atomic E-state index is 12.8.